The van der Waals surface area contributed by atoms with E-state index in [1.165, 1.54) is 93.1 Å². The van der Waals surface area contributed by atoms with Crippen molar-refractivity contribution in [2.24, 2.45) is 5.92 Å². The molecule has 0 fully saturated rings. The van der Waals surface area contributed by atoms with E-state index in [1.807, 2.05) is 0 Å². The summed E-state index contributed by atoms with van der Waals surface area (Å²) in [5.74, 6) is 0.412. The Balaban J connectivity index is 1.28. The maximum Gasteiger partial charge on any atom is 0.113 e. The highest BCUT2D eigenvalue weighted by atomic mass is 28.3. The van der Waals surface area contributed by atoms with Crippen molar-refractivity contribution in [3.05, 3.63) is 187 Å². The fourth-order valence-corrected chi connectivity index (χ4v) is 12.1. The fourth-order valence-electron chi connectivity index (χ4n) is 9.01. The monoisotopic (exact) mass is 666 g/mol. The van der Waals surface area contributed by atoms with Crippen LogP contribution >= 0.6 is 0 Å². The average Bonchev–Trinajstić information content (AvgIpc) is 3.41. The Hall–Kier alpha value is -5.76. The molecule has 0 nitrogen and oxygen atoms in total. The second kappa shape index (κ2) is 11.7. The van der Waals surface area contributed by atoms with Gasteiger partial charge in [-0.1, -0.05) is 183 Å². The number of hydrogen-bond donors (Lipinski definition) is 0. The molecule has 3 aliphatic rings. The number of hydrogen-bond acceptors (Lipinski definition) is 0. The average molecular weight is 667 g/mol. The van der Waals surface area contributed by atoms with Crippen molar-refractivity contribution in [3.63, 3.8) is 0 Å². The van der Waals surface area contributed by atoms with E-state index in [4.69, 9.17) is 0 Å². The lowest BCUT2D eigenvalue weighted by Crippen LogP contribution is -2.49. The molecule has 1 atom stereocenters. The molecule has 242 valence electrons. The Bertz CT molecular complexity index is 2650. The molecule has 7 aromatic rings. The van der Waals surface area contributed by atoms with E-state index < -0.39 is 8.07 Å². The minimum absolute atomic E-state index is 0.412. The summed E-state index contributed by atoms with van der Waals surface area (Å²) in [5, 5.41) is 8.40. The van der Waals surface area contributed by atoms with E-state index in [2.05, 4.69) is 189 Å². The zero-order valence-corrected chi connectivity index (χ0v) is 30.0. The van der Waals surface area contributed by atoms with Crippen LogP contribution in [0, 0.1) is 5.92 Å². The minimum atomic E-state index is -2.04. The molecule has 0 bridgehead atoms. The second-order valence-electron chi connectivity index (χ2n) is 14.8. The SMILES string of the molecule is C[Si]1(C)c2cc(-c3ccccc3)ccc2-c2cc3c(-c4ccc(-c5ccccc5)cc4)c4ccccc4c(C4=C5C=CC=CC5CC=C4)c3cc21. The fraction of sp³-hybridized carbons (Fsp3) is 0.0800. The van der Waals surface area contributed by atoms with Crippen molar-refractivity contribution in [2.45, 2.75) is 19.5 Å². The van der Waals surface area contributed by atoms with E-state index in [0.29, 0.717) is 5.92 Å². The van der Waals surface area contributed by atoms with E-state index in [0.717, 1.165) is 6.42 Å². The van der Waals surface area contributed by atoms with Gasteiger partial charge in [-0.25, -0.2) is 0 Å². The van der Waals surface area contributed by atoms with Gasteiger partial charge in [0.05, 0.1) is 0 Å². The van der Waals surface area contributed by atoms with Gasteiger partial charge in [0, 0.05) is 5.92 Å². The summed E-state index contributed by atoms with van der Waals surface area (Å²) >= 11 is 0. The molecule has 7 aromatic carbocycles. The third kappa shape index (κ3) is 4.72. The van der Waals surface area contributed by atoms with Crippen molar-refractivity contribution in [3.8, 4) is 44.5 Å². The summed E-state index contributed by atoms with van der Waals surface area (Å²) in [6.45, 7) is 5.10. The second-order valence-corrected chi connectivity index (χ2v) is 19.1. The summed E-state index contributed by atoms with van der Waals surface area (Å²) in [5.41, 5.74) is 14.6. The highest BCUT2D eigenvalue weighted by Gasteiger charge is 2.39. The third-order valence-corrected chi connectivity index (χ3v) is 15.1. The lowest BCUT2D eigenvalue weighted by molar-refractivity contribution is 0.784. The van der Waals surface area contributed by atoms with Crippen LogP contribution in [-0.2, 0) is 0 Å². The molecule has 0 saturated heterocycles. The molecule has 1 heteroatoms. The molecular weight excluding hydrogens is 629 g/mol. The molecule has 10 rings (SSSR count). The molecule has 1 heterocycles. The standard InChI is InChI=1S/C50H38Si/c1-51(2)47-30-38(34-16-7-4-8-17-34)28-29-40(47)44-31-45-46(32-48(44)51)50(41-23-13-19-36-18-9-10-20-39(36)41)43-22-12-11-21-42(43)49(45)37-26-24-35(25-27-37)33-14-5-3-6-15-33/h3-18,20-32,36H,19H2,1-2H3. The molecule has 0 spiro atoms. The zero-order chi connectivity index (χ0) is 34.1. The first-order valence-corrected chi connectivity index (χ1v) is 21.2. The van der Waals surface area contributed by atoms with Gasteiger partial charge in [-0.15, -0.1) is 0 Å². The molecule has 0 aromatic heterocycles. The Kier molecular flexibility index (Phi) is 6.88. The van der Waals surface area contributed by atoms with Gasteiger partial charge in [-0.3, -0.25) is 0 Å². The highest BCUT2D eigenvalue weighted by Crippen LogP contribution is 2.47. The molecule has 2 aliphatic carbocycles. The lowest BCUT2D eigenvalue weighted by atomic mass is 9.78. The normalized spacial score (nSPS) is 16.8. The van der Waals surface area contributed by atoms with Crippen LogP contribution in [0.3, 0.4) is 0 Å². The molecule has 0 radical (unpaired) electrons. The lowest BCUT2D eigenvalue weighted by Gasteiger charge is -2.27. The molecule has 0 amide bonds. The van der Waals surface area contributed by atoms with E-state index in [1.54, 1.807) is 0 Å². The summed E-state index contributed by atoms with van der Waals surface area (Å²) < 4.78 is 0. The van der Waals surface area contributed by atoms with Crippen molar-refractivity contribution in [2.75, 3.05) is 0 Å². The molecule has 51 heavy (non-hydrogen) atoms. The number of rotatable bonds is 4. The first-order chi connectivity index (χ1) is 25.1. The Morgan fingerprint density at radius 3 is 1.80 bits per heavy atom. The van der Waals surface area contributed by atoms with Gasteiger partial charge in [0.15, 0.2) is 0 Å². The third-order valence-electron chi connectivity index (χ3n) is 11.6. The topological polar surface area (TPSA) is 0 Å². The van der Waals surface area contributed by atoms with E-state index in [9.17, 15) is 0 Å². The van der Waals surface area contributed by atoms with Crippen molar-refractivity contribution < 1.29 is 0 Å². The quantitative estimate of drug-likeness (QED) is 0.130. The number of fused-ring (bicyclic) bond motifs is 6. The van der Waals surface area contributed by atoms with Crippen LogP contribution in [0.1, 0.15) is 12.0 Å². The highest BCUT2D eigenvalue weighted by molar-refractivity contribution is 7.04. The van der Waals surface area contributed by atoms with E-state index >= 15 is 0 Å². The summed E-state index contributed by atoms with van der Waals surface area (Å²) in [6.07, 6.45) is 15.0. The minimum Gasteiger partial charge on any atom is -0.0830 e. The first kappa shape index (κ1) is 30.1. The number of benzene rings is 7. The molecular formula is C50H38Si. The van der Waals surface area contributed by atoms with Crippen LogP contribution in [0.15, 0.2) is 182 Å². The van der Waals surface area contributed by atoms with Crippen molar-refractivity contribution in [1.29, 1.82) is 0 Å². The van der Waals surface area contributed by atoms with Crippen LogP contribution in [0.4, 0.5) is 0 Å². The smallest absolute Gasteiger partial charge is 0.0830 e. The van der Waals surface area contributed by atoms with Crippen molar-refractivity contribution in [1.82, 2.24) is 0 Å². The van der Waals surface area contributed by atoms with Gasteiger partial charge < -0.3 is 0 Å². The molecule has 0 N–H and O–H groups in total. The first-order valence-electron chi connectivity index (χ1n) is 18.2. The van der Waals surface area contributed by atoms with Gasteiger partial charge in [0.1, 0.15) is 8.07 Å². The van der Waals surface area contributed by atoms with Crippen molar-refractivity contribution >= 4 is 45.6 Å². The predicted octanol–water partition coefficient (Wildman–Crippen LogP) is 12.3. The van der Waals surface area contributed by atoms with Crippen LogP contribution in [-0.4, -0.2) is 8.07 Å². The number of allylic oxidation sites excluding steroid dienone is 8. The molecule has 1 unspecified atom stereocenters. The Morgan fingerprint density at radius 2 is 1.06 bits per heavy atom. The molecule has 1 aliphatic heterocycles. The predicted molar refractivity (Wildman–Crippen MR) is 222 cm³/mol. The Morgan fingerprint density at radius 1 is 0.471 bits per heavy atom. The van der Waals surface area contributed by atoms with Crippen LogP contribution in [0.25, 0.3) is 71.6 Å². The van der Waals surface area contributed by atoms with Crippen LogP contribution < -0.4 is 10.4 Å². The summed E-state index contributed by atoms with van der Waals surface area (Å²) in [7, 11) is -2.04. The van der Waals surface area contributed by atoms with Crippen LogP contribution in [0.5, 0.6) is 0 Å². The maximum absolute atomic E-state index is 2.62. The molecule has 0 saturated carbocycles. The van der Waals surface area contributed by atoms with E-state index in [-0.39, 0.29) is 0 Å². The summed E-state index contributed by atoms with van der Waals surface area (Å²) in [6, 6.07) is 52.4. The summed E-state index contributed by atoms with van der Waals surface area (Å²) in [4.78, 5) is 0. The van der Waals surface area contributed by atoms with Gasteiger partial charge in [0.2, 0.25) is 0 Å². The van der Waals surface area contributed by atoms with Gasteiger partial charge in [0.25, 0.3) is 0 Å². The zero-order valence-electron chi connectivity index (χ0n) is 29.0. The van der Waals surface area contributed by atoms with Gasteiger partial charge >= 0.3 is 0 Å². The van der Waals surface area contributed by atoms with Gasteiger partial charge in [-0.05, 0) is 106 Å². The maximum atomic E-state index is 2.62. The van der Waals surface area contributed by atoms with Gasteiger partial charge in [-0.2, -0.15) is 0 Å². The Labute approximate surface area is 301 Å². The van der Waals surface area contributed by atoms with Crippen LogP contribution in [0.2, 0.25) is 13.1 Å². The largest absolute Gasteiger partial charge is 0.113 e.